The first-order chi connectivity index (χ1) is 6.92. The average molecular weight is 206 g/mol. The molecule has 2 aromatic rings. The maximum atomic E-state index is 8.74. The molecular weight excluding hydrogens is 196 g/mol. The summed E-state index contributed by atoms with van der Waals surface area (Å²) in [5, 5.41) is 8.74. The van der Waals surface area contributed by atoms with Gasteiger partial charge >= 0.3 is 0 Å². The molecule has 0 bridgehead atoms. The highest BCUT2D eigenvalue weighted by Crippen LogP contribution is 2.23. The molecule has 0 atom stereocenters. The van der Waals surface area contributed by atoms with Gasteiger partial charge < -0.3 is 5.11 Å². The second kappa shape index (κ2) is 4.39. The number of aromatic nitrogens is 2. The highest BCUT2D eigenvalue weighted by Gasteiger charge is 2.01. The minimum Gasteiger partial charge on any atom is -0.396 e. The van der Waals surface area contributed by atoms with Gasteiger partial charge in [-0.05, 0) is 18.2 Å². The van der Waals surface area contributed by atoms with E-state index in [0.717, 1.165) is 15.9 Å². The number of aliphatic hydroxyl groups is 1. The number of fused-ring (bicyclic) bond motifs is 1. The summed E-state index contributed by atoms with van der Waals surface area (Å²) in [5.41, 5.74) is 1.81. The van der Waals surface area contributed by atoms with Gasteiger partial charge in [0.25, 0.3) is 0 Å². The molecule has 72 valence electrons. The smallest absolute Gasteiger partial charge is 0.102 e. The molecule has 0 aromatic carbocycles. The molecule has 2 heterocycles. The number of hydrogen-bond donors (Lipinski definition) is 1. The minimum absolute atomic E-state index is 0.182. The van der Waals surface area contributed by atoms with Crippen LogP contribution in [-0.4, -0.2) is 27.4 Å². The SMILES string of the molecule is OCCSc1ccnc2cccnc12. The Morgan fingerprint density at radius 3 is 3.00 bits per heavy atom. The molecule has 0 radical (unpaired) electrons. The highest BCUT2D eigenvalue weighted by molar-refractivity contribution is 7.99. The van der Waals surface area contributed by atoms with Crippen LogP contribution in [0.4, 0.5) is 0 Å². The van der Waals surface area contributed by atoms with Crippen molar-refractivity contribution in [3.05, 3.63) is 30.6 Å². The molecule has 0 saturated heterocycles. The lowest BCUT2D eigenvalue weighted by Gasteiger charge is -2.02. The van der Waals surface area contributed by atoms with Gasteiger partial charge in [-0.2, -0.15) is 0 Å². The molecule has 0 spiro atoms. The van der Waals surface area contributed by atoms with Crippen molar-refractivity contribution in [2.24, 2.45) is 0 Å². The van der Waals surface area contributed by atoms with E-state index >= 15 is 0 Å². The summed E-state index contributed by atoms with van der Waals surface area (Å²) in [6.07, 6.45) is 3.52. The number of nitrogens with zero attached hydrogens (tertiary/aromatic N) is 2. The Kier molecular flexibility index (Phi) is 2.96. The van der Waals surface area contributed by atoms with E-state index in [1.807, 2.05) is 18.2 Å². The Bertz CT molecular complexity index is 428. The van der Waals surface area contributed by atoms with Gasteiger partial charge in [0, 0.05) is 23.0 Å². The third-order valence-corrected chi connectivity index (χ3v) is 2.84. The molecule has 0 fully saturated rings. The van der Waals surface area contributed by atoms with Crippen molar-refractivity contribution < 1.29 is 5.11 Å². The van der Waals surface area contributed by atoms with Gasteiger partial charge in [-0.1, -0.05) is 0 Å². The number of hydrogen-bond acceptors (Lipinski definition) is 4. The minimum atomic E-state index is 0.182. The third-order valence-electron chi connectivity index (χ3n) is 1.81. The maximum absolute atomic E-state index is 8.74. The first-order valence-corrected chi connectivity index (χ1v) is 5.34. The molecule has 4 heteroatoms. The lowest BCUT2D eigenvalue weighted by Crippen LogP contribution is -1.89. The number of rotatable bonds is 3. The van der Waals surface area contributed by atoms with E-state index in [1.165, 1.54) is 0 Å². The lowest BCUT2D eigenvalue weighted by molar-refractivity contribution is 0.322. The summed E-state index contributed by atoms with van der Waals surface area (Å²) < 4.78 is 0. The van der Waals surface area contributed by atoms with Crippen molar-refractivity contribution in [3.8, 4) is 0 Å². The topological polar surface area (TPSA) is 46.0 Å². The number of aliphatic hydroxyl groups excluding tert-OH is 1. The summed E-state index contributed by atoms with van der Waals surface area (Å²) in [4.78, 5) is 9.55. The van der Waals surface area contributed by atoms with Crippen LogP contribution in [0.25, 0.3) is 11.0 Å². The first-order valence-electron chi connectivity index (χ1n) is 4.35. The second-order valence-electron chi connectivity index (χ2n) is 2.75. The number of thioether (sulfide) groups is 1. The van der Waals surface area contributed by atoms with Crippen molar-refractivity contribution in [3.63, 3.8) is 0 Å². The Morgan fingerprint density at radius 1 is 1.21 bits per heavy atom. The summed E-state index contributed by atoms with van der Waals surface area (Å²) in [6, 6.07) is 5.73. The van der Waals surface area contributed by atoms with E-state index in [0.29, 0.717) is 5.75 Å². The molecule has 3 nitrogen and oxygen atoms in total. The zero-order chi connectivity index (χ0) is 9.80. The van der Waals surface area contributed by atoms with Crippen LogP contribution in [0.1, 0.15) is 0 Å². The Labute approximate surface area is 86.2 Å². The van der Waals surface area contributed by atoms with Crippen molar-refractivity contribution in [1.29, 1.82) is 0 Å². The summed E-state index contributed by atoms with van der Waals surface area (Å²) in [6.45, 7) is 0.182. The molecule has 0 amide bonds. The van der Waals surface area contributed by atoms with E-state index in [9.17, 15) is 0 Å². The van der Waals surface area contributed by atoms with Crippen LogP contribution >= 0.6 is 11.8 Å². The van der Waals surface area contributed by atoms with Crippen molar-refractivity contribution in [2.75, 3.05) is 12.4 Å². The molecule has 0 aliphatic heterocycles. The number of pyridine rings is 2. The lowest BCUT2D eigenvalue weighted by atomic mass is 10.3. The fraction of sp³-hybridized carbons (Fsp3) is 0.200. The molecule has 1 N–H and O–H groups in total. The third kappa shape index (κ3) is 1.86. The van der Waals surface area contributed by atoms with Crippen molar-refractivity contribution >= 4 is 22.8 Å². The van der Waals surface area contributed by atoms with Crippen LogP contribution < -0.4 is 0 Å². The van der Waals surface area contributed by atoms with Crippen LogP contribution in [0.3, 0.4) is 0 Å². The first kappa shape index (κ1) is 9.43. The zero-order valence-electron chi connectivity index (χ0n) is 7.55. The molecular formula is C10H10N2OS. The van der Waals surface area contributed by atoms with Crippen LogP contribution in [0.2, 0.25) is 0 Å². The Morgan fingerprint density at radius 2 is 2.14 bits per heavy atom. The molecule has 0 saturated carbocycles. The van der Waals surface area contributed by atoms with Gasteiger partial charge in [-0.25, -0.2) is 0 Å². The standard InChI is InChI=1S/C10H10N2OS/c13-6-7-14-9-3-5-11-8-2-1-4-12-10(8)9/h1-5,13H,6-7H2. The molecule has 0 aliphatic rings. The molecule has 2 rings (SSSR count). The monoisotopic (exact) mass is 206 g/mol. The van der Waals surface area contributed by atoms with Gasteiger partial charge in [-0.3, -0.25) is 9.97 Å². The Balaban J connectivity index is 2.43. The molecule has 0 aliphatic carbocycles. The van der Waals surface area contributed by atoms with E-state index in [1.54, 1.807) is 24.2 Å². The summed E-state index contributed by atoms with van der Waals surface area (Å²) in [7, 11) is 0. The maximum Gasteiger partial charge on any atom is 0.102 e. The van der Waals surface area contributed by atoms with Gasteiger partial charge in [0.2, 0.25) is 0 Å². The summed E-state index contributed by atoms with van der Waals surface area (Å²) >= 11 is 1.60. The van der Waals surface area contributed by atoms with E-state index in [4.69, 9.17) is 5.11 Å². The zero-order valence-corrected chi connectivity index (χ0v) is 8.37. The van der Waals surface area contributed by atoms with Crippen molar-refractivity contribution in [1.82, 2.24) is 9.97 Å². The molecule has 2 aromatic heterocycles. The molecule has 14 heavy (non-hydrogen) atoms. The Hall–Kier alpha value is -1.13. The van der Waals surface area contributed by atoms with Crippen LogP contribution in [0, 0.1) is 0 Å². The van der Waals surface area contributed by atoms with E-state index in [-0.39, 0.29) is 6.61 Å². The average Bonchev–Trinajstić information content (AvgIpc) is 2.26. The second-order valence-corrected chi connectivity index (χ2v) is 3.89. The van der Waals surface area contributed by atoms with Gasteiger partial charge in [-0.15, -0.1) is 11.8 Å². The van der Waals surface area contributed by atoms with Crippen LogP contribution in [-0.2, 0) is 0 Å². The van der Waals surface area contributed by atoms with Crippen LogP contribution in [0.5, 0.6) is 0 Å². The largest absolute Gasteiger partial charge is 0.396 e. The van der Waals surface area contributed by atoms with Gasteiger partial charge in [0.05, 0.1) is 12.1 Å². The van der Waals surface area contributed by atoms with Crippen LogP contribution in [0.15, 0.2) is 35.5 Å². The summed E-state index contributed by atoms with van der Waals surface area (Å²) in [5.74, 6) is 0.690. The van der Waals surface area contributed by atoms with Gasteiger partial charge in [0.1, 0.15) is 5.52 Å². The predicted molar refractivity (Wildman–Crippen MR) is 57.3 cm³/mol. The van der Waals surface area contributed by atoms with E-state index in [2.05, 4.69) is 9.97 Å². The van der Waals surface area contributed by atoms with Gasteiger partial charge in [0.15, 0.2) is 0 Å². The quantitative estimate of drug-likeness (QED) is 0.777. The fourth-order valence-corrected chi connectivity index (χ4v) is 1.99. The normalized spacial score (nSPS) is 10.6. The molecule has 0 unspecified atom stereocenters. The predicted octanol–water partition coefficient (Wildman–Crippen LogP) is 1.71. The highest BCUT2D eigenvalue weighted by atomic mass is 32.2. The fourth-order valence-electron chi connectivity index (χ4n) is 1.23. The van der Waals surface area contributed by atoms with Crippen molar-refractivity contribution in [2.45, 2.75) is 4.90 Å². The van der Waals surface area contributed by atoms with E-state index < -0.39 is 0 Å².